The van der Waals surface area contributed by atoms with Crippen LogP contribution in [0.2, 0.25) is 0 Å². The van der Waals surface area contributed by atoms with Crippen LogP contribution in [0.3, 0.4) is 0 Å². The van der Waals surface area contributed by atoms with Gasteiger partial charge in [-0.2, -0.15) is 0 Å². The summed E-state index contributed by atoms with van der Waals surface area (Å²) in [5.74, 6) is 0.567. The van der Waals surface area contributed by atoms with Crippen LogP contribution in [0.25, 0.3) is 0 Å². The van der Waals surface area contributed by atoms with Gasteiger partial charge in [0.15, 0.2) is 5.11 Å². The molecule has 0 saturated carbocycles. The highest BCUT2D eigenvalue weighted by Crippen LogP contribution is 2.17. The Balaban J connectivity index is 2.16. The van der Waals surface area contributed by atoms with Gasteiger partial charge in [0.2, 0.25) is 0 Å². The van der Waals surface area contributed by atoms with E-state index < -0.39 is 0 Å². The quantitative estimate of drug-likeness (QED) is 0.832. The molecule has 0 amide bonds. The molecule has 2 aromatic rings. The van der Waals surface area contributed by atoms with Crippen LogP contribution in [0.1, 0.15) is 19.4 Å². The third-order valence-electron chi connectivity index (χ3n) is 3.16. The van der Waals surface area contributed by atoms with Crippen molar-refractivity contribution in [2.45, 2.75) is 20.4 Å². The number of hydrogen-bond acceptors (Lipinski definition) is 1. The fraction of sp³-hybridized carbons (Fsp3) is 0.278. The van der Waals surface area contributed by atoms with Gasteiger partial charge in [-0.1, -0.05) is 62.4 Å². The standard InChI is InChI=1S/C18H22N2S/c1-15(2)13-19-18(21)20(17-11-7-4-8-12-17)14-16-9-5-3-6-10-16/h3-12,15H,13-14H2,1-2H3,(H,19,21). The fourth-order valence-corrected chi connectivity index (χ4v) is 2.29. The lowest BCUT2D eigenvalue weighted by atomic mass is 10.2. The molecule has 0 aliphatic rings. The molecule has 0 fully saturated rings. The second-order valence-corrected chi connectivity index (χ2v) is 5.87. The molecule has 110 valence electrons. The van der Waals surface area contributed by atoms with Crippen LogP contribution in [0.4, 0.5) is 5.69 Å². The van der Waals surface area contributed by atoms with E-state index in [2.05, 4.69) is 60.5 Å². The van der Waals surface area contributed by atoms with Crippen LogP contribution in [0.15, 0.2) is 60.7 Å². The average Bonchev–Trinajstić information content (AvgIpc) is 2.52. The molecule has 0 aromatic heterocycles. The lowest BCUT2D eigenvalue weighted by Gasteiger charge is -2.26. The highest BCUT2D eigenvalue weighted by atomic mass is 32.1. The Hall–Kier alpha value is -1.87. The SMILES string of the molecule is CC(C)CNC(=S)N(Cc1ccccc1)c1ccccc1. The van der Waals surface area contributed by atoms with E-state index >= 15 is 0 Å². The number of rotatable bonds is 5. The molecule has 0 saturated heterocycles. The van der Waals surface area contributed by atoms with Gasteiger partial charge in [0.1, 0.15) is 0 Å². The van der Waals surface area contributed by atoms with Gasteiger partial charge in [0.25, 0.3) is 0 Å². The van der Waals surface area contributed by atoms with Crippen molar-refractivity contribution in [2.24, 2.45) is 5.92 Å². The zero-order valence-electron chi connectivity index (χ0n) is 12.6. The van der Waals surface area contributed by atoms with Crippen molar-refractivity contribution in [2.75, 3.05) is 11.4 Å². The van der Waals surface area contributed by atoms with Crippen LogP contribution in [0.5, 0.6) is 0 Å². The predicted octanol–water partition coefficient (Wildman–Crippen LogP) is 4.22. The Labute approximate surface area is 132 Å². The molecule has 21 heavy (non-hydrogen) atoms. The van der Waals surface area contributed by atoms with Crippen molar-refractivity contribution in [3.63, 3.8) is 0 Å². The molecule has 0 aliphatic heterocycles. The molecular formula is C18H22N2S. The van der Waals surface area contributed by atoms with Gasteiger partial charge < -0.3 is 10.2 Å². The van der Waals surface area contributed by atoms with Gasteiger partial charge >= 0.3 is 0 Å². The zero-order valence-corrected chi connectivity index (χ0v) is 13.4. The van der Waals surface area contributed by atoms with E-state index in [1.165, 1.54) is 5.56 Å². The third-order valence-corrected chi connectivity index (χ3v) is 3.52. The van der Waals surface area contributed by atoms with Crippen LogP contribution >= 0.6 is 12.2 Å². The molecule has 0 aliphatic carbocycles. The minimum Gasteiger partial charge on any atom is -0.362 e. The molecule has 0 unspecified atom stereocenters. The number of benzene rings is 2. The first-order chi connectivity index (χ1) is 10.2. The van der Waals surface area contributed by atoms with E-state index in [1.54, 1.807) is 0 Å². The summed E-state index contributed by atoms with van der Waals surface area (Å²) in [6.45, 7) is 6.02. The summed E-state index contributed by atoms with van der Waals surface area (Å²) in [4.78, 5) is 2.15. The molecule has 0 atom stereocenters. The monoisotopic (exact) mass is 298 g/mol. The Morgan fingerprint density at radius 2 is 1.57 bits per heavy atom. The molecule has 0 spiro atoms. The molecular weight excluding hydrogens is 276 g/mol. The summed E-state index contributed by atoms with van der Waals surface area (Å²) >= 11 is 5.59. The van der Waals surface area contributed by atoms with Crippen LogP contribution < -0.4 is 10.2 Å². The van der Waals surface area contributed by atoms with E-state index in [-0.39, 0.29) is 0 Å². The van der Waals surface area contributed by atoms with Crippen molar-refractivity contribution in [3.05, 3.63) is 66.2 Å². The first kappa shape index (κ1) is 15.5. The number of para-hydroxylation sites is 1. The number of nitrogens with zero attached hydrogens (tertiary/aromatic N) is 1. The van der Waals surface area contributed by atoms with E-state index in [0.717, 1.165) is 23.9 Å². The van der Waals surface area contributed by atoms with Gasteiger partial charge in [0.05, 0.1) is 6.54 Å². The Morgan fingerprint density at radius 1 is 1.00 bits per heavy atom. The molecule has 2 aromatic carbocycles. The Kier molecular flexibility index (Phi) is 5.76. The second kappa shape index (κ2) is 7.79. The summed E-state index contributed by atoms with van der Waals surface area (Å²) in [6, 6.07) is 20.7. The summed E-state index contributed by atoms with van der Waals surface area (Å²) in [7, 11) is 0. The molecule has 1 N–H and O–H groups in total. The van der Waals surface area contributed by atoms with Gasteiger partial charge in [-0.3, -0.25) is 0 Å². The van der Waals surface area contributed by atoms with Crippen molar-refractivity contribution in [1.29, 1.82) is 0 Å². The van der Waals surface area contributed by atoms with Crippen molar-refractivity contribution < 1.29 is 0 Å². The maximum atomic E-state index is 5.59. The minimum absolute atomic E-state index is 0.567. The first-order valence-corrected chi connectivity index (χ1v) is 7.72. The van der Waals surface area contributed by atoms with Crippen molar-refractivity contribution in [3.8, 4) is 0 Å². The van der Waals surface area contributed by atoms with Crippen molar-refractivity contribution in [1.82, 2.24) is 5.32 Å². The fourth-order valence-electron chi connectivity index (χ4n) is 2.04. The second-order valence-electron chi connectivity index (χ2n) is 5.49. The number of nitrogens with one attached hydrogen (secondary N) is 1. The number of hydrogen-bond donors (Lipinski definition) is 1. The zero-order chi connectivity index (χ0) is 15.1. The summed E-state index contributed by atoms with van der Waals surface area (Å²) < 4.78 is 0. The minimum atomic E-state index is 0.567. The smallest absolute Gasteiger partial charge is 0.173 e. The number of anilines is 1. The average molecular weight is 298 g/mol. The number of thiocarbonyl (C=S) groups is 1. The maximum absolute atomic E-state index is 5.59. The maximum Gasteiger partial charge on any atom is 0.173 e. The van der Waals surface area contributed by atoms with E-state index in [4.69, 9.17) is 12.2 Å². The van der Waals surface area contributed by atoms with Gasteiger partial charge in [-0.15, -0.1) is 0 Å². The molecule has 3 heteroatoms. The van der Waals surface area contributed by atoms with Gasteiger partial charge in [-0.25, -0.2) is 0 Å². The summed E-state index contributed by atoms with van der Waals surface area (Å²) in [6.07, 6.45) is 0. The topological polar surface area (TPSA) is 15.3 Å². The first-order valence-electron chi connectivity index (χ1n) is 7.31. The molecule has 0 bridgehead atoms. The molecule has 0 heterocycles. The molecule has 2 nitrogen and oxygen atoms in total. The van der Waals surface area contributed by atoms with Crippen molar-refractivity contribution >= 4 is 23.0 Å². The van der Waals surface area contributed by atoms with E-state index in [0.29, 0.717) is 5.92 Å². The Morgan fingerprint density at radius 3 is 2.14 bits per heavy atom. The highest BCUT2D eigenvalue weighted by Gasteiger charge is 2.12. The largest absolute Gasteiger partial charge is 0.362 e. The molecule has 0 radical (unpaired) electrons. The highest BCUT2D eigenvalue weighted by molar-refractivity contribution is 7.80. The van der Waals surface area contributed by atoms with Crippen LogP contribution in [0, 0.1) is 5.92 Å². The van der Waals surface area contributed by atoms with Gasteiger partial charge in [-0.05, 0) is 35.8 Å². The van der Waals surface area contributed by atoms with E-state index in [1.807, 2.05) is 24.3 Å². The van der Waals surface area contributed by atoms with E-state index in [9.17, 15) is 0 Å². The Bertz CT molecular complexity index is 552. The predicted molar refractivity (Wildman–Crippen MR) is 94.5 cm³/mol. The lowest BCUT2D eigenvalue weighted by molar-refractivity contribution is 0.623. The summed E-state index contributed by atoms with van der Waals surface area (Å²) in [5, 5.41) is 4.13. The lowest BCUT2D eigenvalue weighted by Crippen LogP contribution is -2.40. The third kappa shape index (κ3) is 4.87. The van der Waals surface area contributed by atoms with Crippen LogP contribution in [-0.4, -0.2) is 11.7 Å². The summed E-state index contributed by atoms with van der Waals surface area (Å²) in [5.41, 5.74) is 2.36. The van der Waals surface area contributed by atoms with Gasteiger partial charge in [0, 0.05) is 12.2 Å². The van der Waals surface area contributed by atoms with Crippen LogP contribution in [-0.2, 0) is 6.54 Å². The molecule has 2 rings (SSSR count). The normalized spacial score (nSPS) is 10.4.